The molecule has 0 aliphatic carbocycles. The highest BCUT2D eigenvalue weighted by molar-refractivity contribution is 7.90. The quantitative estimate of drug-likeness (QED) is 0.0234. The summed E-state index contributed by atoms with van der Waals surface area (Å²) in [7, 11) is -10.2. The van der Waals surface area contributed by atoms with Crippen molar-refractivity contribution in [2.75, 3.05) is 13.7 Å². The third kappa shape index (κ3) is 14.7. The summed E-state index contributed by atoms with van der Waals surface area (Å²) in [5.74, 6) is -57.1. The molecule has 0 aliphatic rings. The van der Waals surface area contributed by atoms with Crippen molar-refractivity contribution in [3.63, 3.8) is 0 Å². The fraction of sp³-hybridized carbons (Fsp3) is 0.838. The number of hydrogen-bond donors (Lipinski definition) is 0. The number of unbranched alkanes of at least 4 members (excludes halogenated alkanes) is 15. The summed E-state index contributed by atoms with van der Waals surface area (Å²) in [5, 5.41) is -8.56. The van der Waals surface area contributed by atoms with E-state index < -0.39 is 92.0 Å². The molecule has 0 amide bonds. The van der Waals surface area contributed by atoms with Gasteiger partial charge in [0.05, 0.1) is 6.61 Å². The first-order valence-electron chi connectivity index (χ1n) is 19.6. The van der Waals surface area contributed by atoms with Crippen LogP contribution in [0.5, 0.6) is 0 Å². The number of carbonyl (C=O) groups excluding carboxylic acids is 2. The van der Waals surface area contributed by atoms with Crippen molar-refractivity contribution in [2.24, 2.45) is 0 Å². The zero-order valence-corrected chi connectivity index (χ0v) is 36.5. The molecule has 0 fully saturated rings. The predicted octanol–water partition coefficient (Wildman–Crippen LogP) is 13.9. The average molecular weight is 1040 g/mol. The Kier molecular flexibility index (Phi) is 24.0. The Balaban J connectivity index is 0. The van der Waals surface area contributed by atoms with E-state index in [9.17, 15) is 110 Å². The van der Waals surface area contributed by atoms with Gasteiger partial charge in [-0.05, 0) is 20.3 Å². The number of halogens is 21. The second kappa shape index (κ2) is 24.4. The van der Waals surface area contributed by atoms with Crippen molar-refractivity contribution >= 4 is 22.0 Å². The maximum atomic E-state index is 14.0. The van der Waals surface area contributed by atoms with Crippen LogP contribution in [0.15, 0.2) is 24.3 Å². The van der Waals surface area contributed by atoms with Crippen molar-refractivity contribution in [1.82, 2.24) is 4.31 Å². The summed E-state index contributed by atoms with van der Waals surface area (Å²) in [6.45, 7) is 11.0. The predicted molar refractivity (Wildman–Crippen MR) is 193 cm³/mol. The summed E-state index contributed by atoms with van der Waals surface area (Å²) in [4.78, 5) is 22.2. The molecule has 0 aromatic heterocycles. The lowest BCUT2D eigenvalue weighted by Gasteiger charge is -2.43. The number of rotatable bonds is 30. The number of hydrogen-bond acceptors (Lipinski definition) is 6. The van der Waals surface area contributed by atoms with Gasteiger partial charge in [-0.3, -0.25) is 0 Å². The highest BCUT2D eigenvalue weighted by Gasteiger charge is 2.96. The summed E-state index contributed by atoms with van der Waals surface area (Å²) < 4.78 is 308. The molecule has 0 saturated carbocycles. The van der Waals surface area contributed by atoms with Gasteiger partial charge in [0.25, 0.3) is 10.0 Å². The molecule has 0 atom stereocenters. The number of likely N-dealkylation sites (N-methyl/N-ethyl adjacent to an activating group) is 1. The van der Waals surface area contributed by atoms with Gasteiger partial charge >= 0.3 is 71.1 Å². The van der Waals surface area contributed by atoms with E-state index in [0.29, 0.717) is 19.1 Å². The molecule has 29 heteroatoms. The first-order valence-corrected chi connectivity index (χ1v) is 21.0. The molecule has 0 saturated heterocycles. The van der Waals surface area contributed by atoms with Gasteiger partial charge in [-0.25, -0.2) is 18.0 Å². The van der Waals surface area contributed by atoms with Crippen LogP contribution in [0.1, 0.15) is 124 Å². The van der Waals surface area contributed by atoms with E-state index >= 15 is 0 Å². The standard InChI is InChI=1S/C22H42O2.C15H8F21NO4S/c1-4-5-6-7-8-9-10-11-12-13-14-15-16-17-18-19-20-24-22(23)21(2)3;1-4(2)5(38)41-14(33,34)13(31,32)37(3)42(39,40)15(35,36)11(26,27)9(22,23)7(18,19)6(16,17)8(20,21)10(24,25)12(28,29)30/h2,4-20H2,1,3H3;1H2,2-3H3. The van der Waals surface area contributed by atoms with Crippen molar-refractivity contribution in [1.29, 1.82) is 0 Å². The number of carbonyl (C=O) groups is 2. The van der Waals surface area contributed by atoms with Crippen molar-refractivity contribution < 1.29 is 120 Å². The highest BCUT2D eigenvalue weighted by Crippen LogP contribution is 2.64. The fourth-order valence-corrected chi connectivity index (χ4v) is 6.23. The maximum Gasteiger partial charge on any atom is 0.483 e. The SMILES string of the molecule is C=C(C)C(=O)OC(F)(F)C(F)(F)N(C)S(=O)(=O)C(F)(F)C(F)(F)C(F)(F)C(F)(F)C(F)(F)C(F)(F)C(F)(F)C(F)(F)F.C=C(C)C(=O)OCCCCCCCCCCCCCCCCCC. The zero-order valence-electron chi connectivity index (χ0n) is 35.7. The Morgan fingerprint density at radius 1 is 0.470 bits per heavy atom. The minimum absolute atomic E-state index is 0.254. The van der Waals surface area contributed by atoms with Gasteiger partial charge in [-0.1, -0.05) is 116 Å². The van der Waals surface area contributed by atoms with Gasteiger partial charge in [0, 0.05) is 18.2 Å². The van der Waals surface area contributed by atoms with Crippen molar-refractivity contribution in [3.05, 3.63) is 24.3 Å². The number of alkyl halides is 21. The number of sulfonamides is 1. The van der Waals surface area contributed by atoms with Crippen LogP contribution in [0.25, 0.3) is 0 Å². The Labute approximate surface area is 366 Å². The molecule has 0 rings (SSSR count). The van der Waals surface area contributed by atoms with Gasteiger partial charge in [-0.15, -0.1) is 4.31 Å². The lowest BCUT2D eigenvalue weighted by Crippen LogP contribution is -2.75. The summed E-state index contributed by atoms with van der Waals surface area (Å²) in [5.41, 5.74) is -0.755. The molecule has 0 aromatic rings. The van der Waals surface area contributed by atoms with Gasteiger partial charge in [-0.2, -0.15) is 92.2 Å². The maximum absolute atomic E-state index is 14.0. The van der Waals surface area contributed by atoms with Crippen LogP contribution >= 0.6 is 0 Å². The summed E-state index contributed by atoms with van der Waals surface area (Å²) >= 11 is 0. The molecule has 0 N–H and O–H groups in total. The second-order valence-corrected chi connectivity index (χ2v) is 16.9. The van der Waals surface area contributed by atoms with Crippen LogP contribution in [-0.4, -0.2) is 97.4 Å². The van der Waals surface area contributed by atoms with Gasteiger partial charge in [0.2, 0.25) is 0 Å². The first-order chi connectivity index (χ1) is 29.4. The highest BCUT2D eigenvalue weighted by atomic mass is 32.2. The molecule has 0 heterocycles. The Morgan fingerprint density at radius 3 is 1.06 bits per heavy atom. The number of nitrogens with zero attached hydrogens (tertiary/aromatic N) is 1. The average Bonchev–Trinajstić information content (AvgIpc) is 3.17. The molecule has 7 nitrogen and oxygen atoms in total. The Hall–Kier alpha value is -3.14. The van der Waals surface area contributed by atoms with E-state index in [-0.39, 0.29) is 5.97 Å². The smallest absolute Gasteiger partial charge is 0.462 e. The monoisotopic (exact) mass is 1040 g/mol. The molecule has 0 radical (unpaired) electrons. The lowest BCUT2D eigenvalue weighted by molar-refractivity contribution is -0.458. The summed E-state index contributed by atoms with van der Waals surface area (Å²) in [6, 6.07) is -7.13. The number of ether oxygens (including phenoxy) is 2. The first kappa shape index (κ1) is 64.9. The molecule has 0 spiro atoms. The molecule has 66 heavy (non-hydrogen) atoms. The minimum Gasteiger partial charge on any atom is -0.462 e. The molecular formula is C37H50F21NO6S. The van der Waals surface area contributed by atoms with E-state index in [4.69, 9.17) is 4.74 Å². The lowest BCUT2D eigenvalue weighted by atomic mass is 9.91. The molecular weight excluding hydrogens is 985 g/mol. The van der Waals surface area contributed by atoms with Gasteiger partial charge in [0.1, 0.15) is 0 Å². The molecule has 392 valence electrons. The molecule has 0 unspecified atom stereocenters. The summed E-state index contributed by atoms with van der Waals surface area (Å²) in [6.07, 6.45) is 6.89. The largest absolute Gasteiger partial charge is 0.483 e. The van der Waals surface area contributed by atoms with Crippen LogP contribution in [-0.2, 0) is 29.1 Å². The van der Waals surface area contributed by atoms with Crippen molar-refractivity contribution in [2.45, 2.75) is 183 Å². The van der Waals surface area contributed by atoms with E-state index in [1.165, 1.54) is 96.3 Å². The zero-order chi connectivity index (χ0) is 52.8. The van der Waals surface area contributed by atoms with E-state index in [0.717, 1.165) is 6.42 Å². The van der Waals surface area contributed by atoms with Crippen LogP contribution < -0.4 is 0 Å². The fourth-order valence-electron chi connectivity index (χ4n) is 5.02. The van der Waals surface area contributed by atoms with Crippen molar-refractivity contribution in [3.8, 4) is 0 Å². The second-order valence-electron chi connectivity index (χ2n) is 14.9. The third-order valence-corrected chi connectivity index (χ3v) is 11.1. The van der Waals surface area contributed by atoms with Crippen LogP contribution in [0, 0.1) is 0 Å². The van der Waals surface area contributed by atoms with Crippen LogP contribution in [0.4, 0.5) is 92.2 Å². The third-order valence-electron chi connectivity index (χ3n) is 9.27. The van der Waals surface area contributed by atoms with Gasteiger partial charge in [0.15, 0.2) is 0 Å². The Bertz CT molecular complexity index is 1690. The molecule has 0 aliphatic heterocycles. The normalized spacial score (nSPS) is 14.2. The van der Waals surface area contributed by atoms with Crippen LogP contribution in [0.2, 0.25) is 0 Å². The molecule has 0 aromatic carbocycles. The Morgan fingerprint density at radius 2 is 0.758 bits per heavy atom. The minimum atomic E-state index is -9.28. The van der Waals surface area contributed by atoms with Gasteiger partial charge < -0.3 is 9.47 Å². The van der Waals surface area contributed by atoms with E-state index in [2.05, 4.69) is 24.8 Å². The number of esters is 2. The van der Waals surface area contributed by atoms with E-state index in [1.807, 2.05) is 0 Å². The van der Waals surface area contributed by atoms with Crippen LogP contribution in [0.3, 0.4) is 0 Å². The van der Waals surface area contributed by atoms with E-state index in [1.54, 1.807) is 6.92 Å². The molecule has 0 bridgehead atoms. The topological polar surface area (TPSA) is 90.0 Å².